The minimum atomic E-state index is 0.246. The van der Waals surface area contributed by atoms with Gasteiger partial charge in [-0.05, 0) is 31.9 Å². The van der Waals surface area contributed by atoms with Crippen LogP contribution < -0.4 is 14.8 Å². The molecule has 4 nitrogen and oxygen atoms in total. The molecule has 0 spiro atoms. The highest BCUT2D eigenvalue weighted by Gasteiger charge is 2.28. The second-order valence-electron chi connectivity index (χ2n) is 5.49. The number of hydrogen-bond donors (Lipinski definition) is 1. The maximum atomic E-state index is 5.68. The molecule has 0 radical (unpaired) electrons. The second kappa shape index (κ2) is 8.25. The van der Waals surface area contributed by atoms with Crippen molar-refractivity contribution in [1.82, 2.24) is 5.32 Å². The molecule has 1 heterocycles. The Kier molecular flexibility index (Phi) is 6.33. The number of nitrogens with one attached hydrogen (secondary N) is 1. The molecule has 1 fully saturated rings. The van der Waals surface area contributed by atoms with Gasteiger partial charge in [0.25, 0.3) is 0 Å². The van der Waals surface area contributed by atoms with Crippen molar-refractivity contribution in [1.29, 1.82) is 0 Å². The molecular formula is C17H27NO3. The molecular weight excluding hydrogens is 266 g/mol. The van der Waals surface area contributed by atoms with Gasteiger partial charge in [0, 0.05) is 24.1 Å². The van der Waals surface area contributed by atoms with Crippen molar-refractivity contribution in [3.05, 3.63) is 23.8 Å². The van der Waals surface area contributed by atoms with Crippen molar-refractivity contribution in [2.75, 3.05) is 34.0 Å². The SMILES string of the molecule is CCCNC(c1cccc(OC)c1OC)C1CCCOC1. The van der Waals surface area contributed by atoms with Gasteiger partial charge in [-0.1, -0.05) is 19.1 Å². The molecule has 1 aliphatic heterocycles. The zero-order valence-electron chi connectivity index (χ0n) is 13.4. The first-order valence-corrected chi connectivity index (χ1v) is 7.83. The highest BCUT2D eigenvalue weighted by atomic mass is 16.5. The number of methoxy groups -OCH3 is 2. The smallest absolute Gasteiger partial charge is 0.165 e. The van der Waals surface area contributed by atoms with Crippen LogP contribution in [0.4, 0.5) is 0 Å². The summed E-state index contributed by atoms with van der Waals surface area (Å²) < 4.78 is 16.7. The topological polar surface area (TPSA) is 39.7 Å². The average Bonchev–Trinajstić information content (AvgIpc) is 2.55. The first kappa shape index (κ1) is 16.1. The summed E-state index contributed by atoms with van der Waals surface area (Å²) in [4.78, 5) is 0. The number of rotatable bonds is 7. The van der Waals surface area contributed by atoms with Crippen LogP contribution in [0, 0.1) is 5.92 Å². The Bertz CT molecular complexity index is 430. The lowest BCUT2D eigenvalue weighted by Crippen LogP contribution is -2.34. The fraction of sp³-hybridized carbons (Fsp3) is 0.647. The van der Waals surface area contributed by atoms with Crippen LogP contribution >= 0.6 is 0 Å². The van der Waals surface area contributed by atoms with Crippen molar-refractivity contribution in [2.24, 2.45) is 5.92 Å². The quantitative estimate of drug-likeness (QED) is 0.838. The zero-order chi connectivity index (χ0) is 15.1. The van der Waals surface area contributed by atoms with Crippen LogP contribution in [0.2, 0.25) is 0 Å². The molecule has 1 saturated heterocycles. The van der Waals surface area contributed by atoms with E-state index in [2.05, 4.69) is 18.3 Å². The van der Waals surface area contributed by atoms with E-state index in [-0.39, 0.29) is 6.04 Å². The predicted octanol–water partition coefficient (Wildman–Crippen LogP) is 3.17. The van der Waals surface area contributed by atoms with E-state index < -0.39 is 0 Å². The summed E-state index contributed by atoms with van der Waals surface area (Å²) in [6.07, 6.45) is 3.42. The van der Waals surface area contributed by atoms with Crippen LogP contribution in [0.1, 0.15) is 37.8 Å². The van der Waals surface area contributed by atoms with Crippen LogP contribution in [0.25, 0.3) is 0 Å². The molecule has 21 heavy (non-hydrogen) atoms. The second-order valence-corrected chi connectivity index (χ2v) is 5.49. The van der Waals surface area contributed by atoms with E-state index in [4.69, 9.17) is 14.2 Å². The van der Waals surface area contributed by atoms with E-state index in [1.807, 2.05) is 12.1 Å². The highest BCUT2D eigenvalue weighted by molar-refractivity contribution is 5.48. The molecule has 0 saturated carbocycles. The van der Waals surface area contributed by atoms with E-state index >= 15 is 0 Å². The molecule has 1 aromatic rings. The van der Waals surface area contributed by atoms with E-state index in [9.17, 15) is 0 Å². The minimum absolute atomic E-state index is 0.246. The zero-order valence-corrected chi connectivity index (χ0v) is 13.4. The minimum Gasteiger partial charge on any atom is -0.493 e. The number of ether oxygens (including phenoxy) is 3. The van der Waals surface area contributed by atoms with Gasteiger partial charge < -0.3 is 19.5 Å². The van der Waals surface area contributed by atoms with Crippen LogP contribution in [-0.4, -0.2) is 34.0 Å². The lowest BCUT2D eigenvalue weighted by Gasteiger charge is -2.32. The molecule has 4 heteroatoms. The van der Waals surface area contributed by atoms with Crippen molar-refractivity contribution >= 4 is 0 Å². The summed E-state index contributed by atoms with van der Waals surface area (Å²) in [6.45, 7) is 4.86. The lowest BCUT2D eigenvalue weighted by atomic mass is 9.88. The van der Waals surface area contributed by atoms with Crippen molar-refractivity contribution < 1.29 is 14.2 Å². The largest absolute Gasteiger partial charge is 0.493 e. The summed E-state index contributed by atoms with van der Waals surface area (Å²) in [7, 11) is 3.38. The fourth-order valence-corrected chi connectivity index (χ4v) is 3.02. The molecule has 1 aliphatic rings. The molecule has 1 N–H and O–H groups in total. The first-order chi connectivity index (χ1) is 10.3. The average molecular weight is 293 g/mol. The fourth-order valence-electron chi connectivity index (χ4n) is 3.02. The highest BCUT2D eigenvalue weighted by Crippen LogP contribution is 2.39. The van der Waals surface area contributed by atoms with Crippen molar-refractivity contribution in [3.63, 3.8) is 0 Å². The Morgan fingerprint density at radius 3 is 2.81 bits per heavy atom. The van der Waals surface area contributed by atoms with Gasteiger partial charge in [0.15, 0.2) is 11.5 Å². The third-order valence-electron chi connectivity index (χ3n) is 4.05. The molecule has 2 unspecified atom stereocenters. The normalized spacial score (nSPS) is 20.0. The molecule has 0 bridgehead atoms. The first-order valence-electron chi connectivity index (χ1n) is 7.83. The van der Waals surface area contributed by atoms with Gasteiger partial charge in [0.05, 0.1) is 20.8 Å². The van der Waals surface area contributed by atoms with Gasteiger partial charge >= 0.3 is 0 Å². The van der Waals surface area contributed by atoms with Gasteiger partial charge in [0.1, 0.15) is 0 Å². The molecule has 2 rings (SSSR count). The van der Waals surface area contributed by atoms with Crippen molar-refractivity contribution in [3.8, 4) is 11.5 Å². The summed E-state index contributed by atoms with van der Waals surface area (Å²) >= 11 is 0. The summed E-state index contributed by atoms with van der Waals surface area (Å²) in [5.74, 6) is 2.10. The van der Waals surface area contributed by atoms with Crippen LogP contribution in [0.3, 0.4) is 0 Å². The Morgan fingerprint density at radius 2 is 2.19 bits per heavy atom. The maximum absolute atomic E-state index is 5.68. The molecule has 1 aromatic carbocycles. The molecule has 0 aromatic heterocycles. The van der Waals surface area contributed by atoms with Crippen molar-refractivity contribution in [2.45, 2.75) is 32.2 Å². The van der Waals surface area contributed by atoms with E-state index in [1.165, 1.54) is 12.0 Å². The number of hydrogen-bond acceptors (Lipinski definition) is 4. The molecule has 118 valence electrons. The third kappa shape index (κ3) is 3.89. The Labute approximate surface area is 127 Å². The van der Waals surface area contributed by atoms with Crippen LogP contribution in [-0.2, 0) is 4.74 Å². The van der Waals surface area contributed by atoms with E-state index in [1.54, 1.807) is 14.2 Å². The standard InChI is InChI=1S/C17H27NO3/c1-4-10-18-16(13-7-6-11-21-12-13)14-8-5-9-15(19-2)17(14)20-3/h5,8-9,13,16,18H,4,6-7,10-12H2,1-3H3. The Balaban J connectivity index is 2.30. The van der Waals surface area contributed by atoms with Gasteiger partial charge in [-0.15, -0.1) is 0 Å². The summed E-state index contributed by atoms with van der Waals surface area (Å²) in [5.41, 5.74) is 1.17. The Hall–Kier alpha value is -1.26. The van der Waals surface area contributed by atoms with E-state index in [0.717, 1.165) is 44.1 Å². The van der Waals surface area contributed by atoms with Gasteiger partial charge in [-0.3, -0.25) is 0 Å². The van der Waals surface area contributed by atoms with Gasteiger partial charge in [-0.25, -0.2) is 0 Å². The van der Waals surface area contributed by atoms with Crippen LogP contribution in [0.5, 0.6) is 11.5 Å². The molecule has 2 atom stereocenters. The number of para-hydroxylation sites is 1. The van der Waals surface area contributed by atoms with Crippen LogP contribution in [0.15, 0.2) is 18.2 Å². The maximum Gasteiger partial charge on any atom is 0.165 e. The molecule has 0 amide bonds. The molecule has 0 aliphatic carbocycles. The van der Waals surface area contributed by atoms with Gasteiger partial charge in [-0.2, -0.15) is 0 Å². The summed E-state index contributed by atoms with van der Waals surface area (Å²) in [5, 5.41) is 3.67. The Morgan fingerprint density at radius 1 is 1.33 bits per heavy atom. The number of benzene rings is 1. The third-order valence-corrected chi connectivity index (χ3v) is 4.05. The predicted molar refractivity (Wildman–Crippen MR) is 84.1 cm³/mol. The van der Waals surface area contributed by atoms with E-state index in [0.29, 0.717) is 5.92 Å². The monoisotopic (exact) mass is 293 g/mol. The summed E-state index contributed by atoms with van der Waals surface area (Å²) in [6, 6.07) is 6.34. The lowest BCUT2D eigenvalue weighted by molar-refractivity contribution is 0.0386. The van der Waals surface area contributed by atoms with Gasteiger partial charge in [0.2, 0.25) is 0 Å².